The van der Waals surface area contributed by atoms with Gasteiger partial charge in [-0.1, -0.05) is 42.5 Å². The largest absolute Gasteiger partial charge is 0.416 e. The van der Waals surface area contributed by atoms with Crippen molar-refractivity contribution in [3.8, 4) is 11.1 Å². The number of hydrogen-bond donors (Lipinski definition) is 0. The Balaban J connectivity index is 2.24. The van der Waals surface area contributed by atoms with Crippen LogP contribution in [0.25, 0.3) is 11.1 Å². The van der Waals surface area contributed by atoms with Gasteiger partial charge in [0.05, 0.1) is 5.56 Å². The van der Waals surface area contributed by atoms with E-state index in [1.165, 1.54) is 12.1 Å². The van der Waals surface area contributed by atoms with Gasteiger partial charge < -0.3 is 0 Å². The van der Waals surface area contributed by atoms with Crippen LogP contribution in [0.5, 0.6) is 0 Å². The SMILES string of the molecule is C=CCc1ccc(-c2ccc(C(F)(F)F)cc2)cc1. The summed E-state index contributed by atoms with van der Waals surface area (Å²) in [4.78, 5) is 0. The number of halogens is 3. The zero-order valence-corrected chi connectivity index (χ0v) is 10.2. The minimum absolute atomic E-state index is 0.625. The second-order valence-electron chi connectivity index (χ2n) is 4.26. The fourth-order valence-electron chi connectivity index (χ4n) is 1.85. The average Bonchev–Trinajstić information content (AvgIpc) is 2.39. The number of rotatable bonds is 3. The highest BCUT2D eigenvalue weighted by Gasteiger charge is 2.29. The van der Waals surface area contributed by atoms with Crippen LogP contribution in [0.2, 0.25) is 0 Å². The molecule has 0 radical (unpaired) electrons. The van der Waals surface area contributed by atoms with Crippen molar-refractivity contribution in [3.63, 3.8) is 0 Å². The van der Waals surface area contributed by atoms with Crippen LogP contribution >= 0.6 is 0 Å². The molecule has 0 saturated heterocycles. The van der Waals surface area contributed by atoms with Gasteiger partial charge in [0.1, 0.15) is 0 Å². The maximum Gasteiger partial charge on any atom is 0.416 e. The van der Waals surface area contributed by atoms with E-state index in [1.54, 1.807) is 0 Å². The van der Waals surface area contributed by atoms with Gasteiger partial charge in [-0.3, -0.25) is 0 Å². The van der Waals surface area contributed by atoms with Gasteiger partial charge in [-0.15, -0.1) is 6.58 Å². The number of hydrogen-bond acceptors (Lipinski definition) is 0. The van der Waals surface area contributed by atoms with Gasteiger partial charge >= 0.3 is 6.18 Å². The highest BCUT2D eigenvalue weighted by atomic mass is 19.4. The molecule has 0 fully saturated rings. The third-order valence-electron chi connectivity index (χ3n) is 2.88. The Kier molecular flexibility index (Phi) is 3.74. The summed E-state index contributed by atoms with van der Waals surface area (Å²) in [6, 6.07) is 12.9. The number of allylic oxidation sites excluding steroid dienone is 1. The smallest absolute Gasteiger partial charge is 0.166 e. The Hall–Kier alpha value is -2.03. The van der Waals surface area contributed by atoms with Crippen molar-refractivity contribution in [3.05, 3.63) is 72.3 Å². The molecule has 0 atom stereocenters. The Morgan fingerprint density at radius 3 is 1.74 bits per heavy atom. The topological polar surface area (TPSA) is 0 Å². The first-order valence-corrected chi connectivity index (χ1v) is 5.88. The summed E-state index contributed by atoms with van der Waals surface area (Å²) in [5.74, 6) is 0. The standard InChI is InChI=1S/C16H13F3/c1-2-3-12-4-6-13(7-5-12)14-8-10-15(11-9-14)16(17,18)19/h2,4-11H,1,3H2. The van der Waals surface area contributed by atoms with Crippen molar-refractivity contribution >= 4 is 0 Å². The molecule has 2 aromatic rings. The van der Waals surface area contributed by atoms with Gasteiger partial charge in [-0.2, -0.15) is 13.2 Å². The van der Waals surface area contributed by atoms with Crippen molar-refractivity contribution in [2.75, 3.05) is 0 Å². The predicted molar refractivity (Wildman–Crippen MR) is 70.8 cm³/mol. The second-order valence-corrected chi connectivity index (χ2v) is 4.26. The van der Waals surface area contributed by atoms with Crippen LogP contribution in [-0.4, -0.2) is 0 Å². The van der Waals surface area contributed by atoms with E-state index in [4.69, 9.17) is 0 Å². The molecule has 98 valence electrons. The van der Waals surface area contributed by atoms with E-state index in [-0.39, 0.29) is 0 Å². The van der Waals surface area contributed by atoms with E-state index in [0.717, 1.165) is 35.2 Å². The highest BCUT2D eigenvalue weighted by Crippen LogP contribution is 2.31. The maximum absolute atomic E-state index is 12.5. The third-order valence-corrected chi connectivity index (χ3v) is 2.88. The Morgan fingerprint density at radius 1 is 0.842 bits per heavy atom. The summed E-state index contributed by atoms with van der Waals surface area (Å²) in [7, 11) is 0. The van der Waals surface area contributed by atoms with Crippen LogP contribution in [0.15, 0.2) is 61.2 Å². The molecule has 2 rings (SSSR count). The van der Waals surface area contributed by atoms with Crippen molar-refractivity contribution in [2.45, 2.75) is 12.6 Å². The molecule has 0 amide bonds. The minimum atomic E-state index is -4.29. The van der Waals surface area contributed by atoms with Crippen molar-refractivity contribution in [1.29, 1.82) is 0 Å². The van der Waals surface area contributed by atoms with Crippen molar-refractivity contribution < 1.29 is 13.2 Å². The lowest BCUT2D eigenvalue weighted by Gasteiger charge is -2.08. The molecule has 0 unspecified atom stereocenters. The summed E-state index contributed by atoms with van der Waals surface area (Å²) < 4.78 is 37.4. The quantitative estimate of drug-likeness (QED) is 0.675. The summed E-state index contributed by atoms with van der Waals surface area (Å²) in [5.41, 5.74) is 2.19. The normalized spacial score (nSPS) is 11.3. The Morgan fingerprint density at radius 2 is 1.32 bits per heavy atom. The van der Waals surface area contributed by atoms with Crippen LogP contribution < -0.4 is 0 Å². The number of alkyl halides is 3. The van der Waals surface area contributed by atoms with Crippen LogP contribution in [0.3, 0.4) is 0 Å². The van der Waals surface area contributed by atoms with E-state index in [2.05, 4.69) is 6.58 Å². The lowest BCUT2D eigenvalue weighted by Crippen LogP contribution is -2.03. The summed E-state index contributed by atoms with van der Waals surface area (Å²) >= 11 is 0. The molecular weight excluding hydrogens is 249 g/mol. The maximum atomic E-state index is 12.5. The van der Waals surface area contributed by atoms with Gasteiger partial charge in [0.2, 0.25) is 0 Å². The predicted octanol–water partition coefficient (Wildman–Crippen LogP) is 5.10. The van der Waals surface area contributed by atoms with E-state index >= 15 is 0 Å². The molecule has 0 nitrogen and oxygen atoms in total. The van der Waals surface area contributed by atoms with Crippen LogP contribution in [-0.2, 0) is 12.6 Å². The summed E-state index contributed by atoms with van der Waals surface area (Å²) in [6.07, 6.45) is -1.69. The zero-order chi connectivity index (χ0) is 13.9. The lowest BCUT2D eigenvalue weighted by molar-refractivity contribution is -0.137. The van der Waals surface area contributed by atoms with Crippen molar-refractivity contribution in [2.24, 2.45) is 0 Å². The highest BCUT2D eigenvalue weighted by molar-refractivity contribution is 5.64. The summed E-state index contributed by atoms with van der Waals surface area (Å²) in [6.45, 7) is 3.66. The first-order valence-electron chi connectivity index (χ1n) is 5.88. The fraction of sp³-hybridized carbons (Fsp3) is 0.125. The Bertz CT molecular complexity index is 548. The number of benzene rings is 2. The molecule has 0 aliphatic carbocycles. The zero-order valence-electron chi connectivity index (χ0n) is 10.2. The van der Waals surface area contributed by atoms with Crippen LogP contribution in [0, 0.1) is 0 Å². The molecular formula is C16H13F3. The van der Waals surface area contributed by atoms with Gasteiger partial charge in [0.25, 0.3) is 0 Å². The van der Waals surface area contributed by atoms with Crippen LogP contribution in [0.1, 0.15) is 11.1 Å². The van der Waals surface area contributed by atoms with Crippen LogP contribution in [0.4, 0.5) is 13.2 Å². The van der Waals surface area contributed by atoms with Gasteiger partial charge in [-0.25, -0.2) is 0 Å². The van der Waals surface area contributed by atoms with Gasteiger partial charge in [-0.05, 0) is 35.2 Å². The van der Waals surface area contributed by atoms with E-state index in [1.807, 2.05) is 30.3 Å². The van der Waals surface area contributed by atoms with Gasteiger partial charge in [0, 0.05) is 0 Å². The molecule has 0 bridgehead atoms. The molecule has 0 spiro atoms. The van der Waals surface area contributed by atoms with E-state index in [0.29, 0.717) is 0 Å². The molecule has 0 aliphatic heterocycles. The minimum Gasteiger partial charge on any atom is -0.166 e. The summed E-state index contributed by atoms with van der Waals surface area (Å²) in [5, 5.41) is 0. The van der Waals surface area contributed by atoms with E-state index in [9.17, 15) is 13.2 Å². The molecule has 0 aromatic heterocycles. The lowest BCUT2D eigenvalue weighted by atomic mass is 10.0. The second kappa shape index (κ2) is 5.31. The third kappa shape index (κ3) is 3.25. The Labute approximate surface area is 110 Å². The van der Waals surface area contributed by atoms with Gasteiger partial charge in [0.15, 0.2) is 0 Å². The molecule has 0 aliphatic rings. The molecule has 3 heteroatoms. The molecule has 0 saturated carbocycles. The average molecular weight is 262 g/mol. The molecule has 0 heterocycles. The van der Waals surface area contributed by atoms with E-state index < -0.39 is 11.7 Å². The molecule has 0 N–H and O–H groups in total. The monoisotopic (exact) mass is 262 g/mol. The van der Waals surface area contributed by atoms with Crippen molar-refractivity contribution in [1.82, 2.24) is 0 Å². The first-order chi connectivity index (χ1) is 9.00. The molecule has 2 aromatic carbocycles. The first kappa shape index (κ1) is 13.4. The molecule has 19 heavy (non-hydrogen) atoms. The fourth-order valence-corrected chi connectivity index (χ4v) is 1.85.